The summed E-state index contributed by atoms with van der Waals surface area (Å²) in [4.78, 5) is 16.7. The lowest BCUT2D eigenvalue weighted by molar-refractivity contribution is -0.199. The van der Waals surface area contributed by atoms with Crippen LogP contribution in [0.25, 0.3) is 0 Å². The summed E-state index contributed by atoms with van der Waals surface area (Å²) in [6, 6.07) is 10.8. The van der Waals surface area contributed by atoms with Gasteiger partial charge in [0.25, 0.3) is 0 Å². The van der Waals surface area contributed by atoms with Crippen LogP contribution in [0.2, 0.25) is 0 Å². The molecule has 0 aromatic heterocycles. The van der Waals surface area contributed by atoms with Gasteiger partial charge in [-0.1, -0.05) is 50.1 Å². The van der Waals surface area contributed by atoms with Crippen molar-refractivity contribution in [1.82, 2.24) is 9.80 Å². The third kappa shape index (κ3) is 2.70. The predicted octanol–water partition coefficient (Wildman–Crippen LogP) is 2.63. The van der Waals surface area contributed by atoms with Gasteiger partial charge in [-0.05, 0) is 24.3 Å². The lowest BCUT2D eigenvalue weighted by atomic mass is 9.60. The van der Waals surface area contributed by atoms with Crippen LogP contribution in [0.1, 0.15) is 50.5 Å². The lowest BCUT2D eigenvalue weighted by Crippen LogP contribution is -2.85. The van der Waals surface area contributed by atoms with Gasteiger partial charge in [0, 0.05) is 38.0 Å². The van der Waals surface area contributed by atoms with Crippen LogP contribution in [0.4, 0.5) is 0 Å². The van der Waals surface area contributed by atoms with Crippen molar-refractivity contribution in [1.29, 1.82) is 0 Å². The van der Waals surface area contributed by atoms with E-state index in [4.69, 9.17) is 0 Å². The summed E-state index contributed by atoms with van der Waals surface area (Å²) in [5, 5.41) is 10.1. The van der Waals surface area contributed by atoms with Crippen LogP contribution in [0.5, 0.6) is 0 Å². The first kappa shape index (κ1) is 17.0. The number of carbonyl (C=O) groups is 1. The van der Waals surface area contributed by atoms with Crippen LogP contribution in [-0.4, -0.2) is 58.6 Å². The minimum absolute atomic E-state index is 0.0438. The monoisotopic (exact) mass is 342 g/mol. The van der Waals surface area contributed by atoms with E-state index in [0.717, 1.165) is 25.6 Å². The molecule has 3 aliphatic rings. The van der Waals surface area contributed by atoms with Crippen LogP contribution in [0.3, 0.4) is 0 Å². The largest absolute Gasteiger partial charge is 0.395 e. The van der Waals surface area contributed by atoms with Gasteiger partial charge >= 0.3 is 0 Å². The molecule has 25 heavy (non-hydrogen) atoms. The second-order valence-corrected chi connectivity index (χ2v) is 8.15. The van der Waals surface area contributed by atoms with Crippen molar-refractivity contribution in [3.05, 3.63) is 35.9 Å². The van der Waals surface area contributed by atoms with Crippen molar-refractivity contribution in [2.75, 3.05) is 26.2 Å². The molecule has 2 saturated heterocycles. The standard InChI is InChI=1S/C21H30N2O2/c1-2-19(25)22-14-21(15-22)20(17-10-4-3-5-11-17)18(13-24)23(21)12-16-8-6-7-9-16/h3-5,10-11,16,18,20,24H,2,6-9,12-15H2,1H3/t18-,20+/m1/s1. The van der Waals surface area contributed by atoms with Crippen LogP contribution < -0.4 is 0 Å². The number of likely N-dealkylation sites (tertiary alicyclic amines) is 2. The molecule has 1 aromatic rings. The molecule has 1 spiro atoms. The number of rotatable bonds is 5. The molecule has 1 aliphatic carbocycles. The molecule has 2 atom stereocenters. The van der Waals surface area contributed by atoms with E-state index >= 15 is 0 Å². The van der Waals surface area contributed by atoms with Gasteiger partial charge in [-0.2, -0.15) is 0 Å². The Balaban J connectivity index is 1.58. The summed E-state index contributed by atoms with van der Waals surface area (Å²) in [5.41, 5.74) is 1.36. The fraction of sp³-hybridized carbons (Fsp3) is 0.667. The quantitative estimate of drug-likeness (QED) is 0.895. The van der Waals surface area contributed by atoms with Crippen LogP contribution in [0, 0.1) is 5.92 Å². The summed E-state index contributed by atoms with van der Waals surface area (Å²) in [6.45, 7) is 4.87. The number of hydrogen-bond acceptors (Lipinski definition) is 3. The zero-order chi connectivity index (χ0) is 17.4. The van der Waals surface area contributed by atoms with Gasteiger partial charge in [-0.25, -0.2) is 0 Å². The molecule has 1 aromatic carbocycles. The maximum atomic E-state index is 12.1. The highest BCUT2D eigenvalue weighted by molar-refractivity contribution is 5.77. The van der Waals surface area contributed by atoms with Gasteiger partial charge in [-0.3, -0.25) is 9.69 Å². The zero-order valence-electron chi connectivity index (χ0n) is 15.2. The number of aliphatic hydroxyl groups is 1. The fourth-order valence-corrected chi connectivity index (χ4v) is 5.54. The van der Waals surface area contributed by atoms with Gasteiger partial charge in [-0.15, -0.1) is 0 Å². The summed E-state index contributed by atoms with van der Waals surface area (Å²) < 4.78 is 0. The van der Waals surface area contributed by atoms with E-state index in [-0.39, 0.29) is 24.1 Å². The molecule has 4 heteroatoms. The highest BCUT2D eigenvalue weighted by atomic mass is 16.3. The smallest absolute Gasteiger partial charge is 0.222 e. The Morgan fingerprint density at radius 3 is 2.48 bits per heavy atom. The van der Waals surface area contributed by atoms with E-state index < -0.39 is 0 Å². The fourth-order valence-electron chi connectivity index (χ4n) is 5.54. The number of aliphatic hydroxyl groups excluding tert-OH is 1. The molecule has 2 aliphatic heterocycles. The second kappa shape index (κ2) is 6.73. The first-order valence-electron chi connectivity index (χ1n) is 9.90. The molecule has 3 fully saturated rings. The van der Waals surface area contributed by atoms with Crippen molar-refractivity contribution >= 4 is 5.91 Å². The van der Waals surface area contributed by atoms with Crippen LogP contribution in [0.15, 0.2) is 30.3 Å². The van der Waals surface area contributed by atoms with E-state index in [1.165, 1.54) is 31.2 Å². The molecule has 1 amide bonds. The highest BCUT2D eigenvalue weighted by Crippen LogP contribution is 2.54. The van der Waals surface area contributed by atoms with Gasteiger partial charge in [0.1, 0.15) is 0 Å². The molecule has 0 bridgehead atoms. The third-order valence-corrected chi connectivity index (χ3v) is 6.80. The molecule has 1 N–H and O–H groups in total. The molecule has 0 unspecified atom stereocenters. The molecule has 0 radical (unpaired) electrons. The number of benzene rings is 1. The number of nitrogens with zero attached hydrogens (tertiary/aromatic N) is 2. The van der Waals surface area contributed by atoms with Gasteiger partial charge in [0.05, 0.1) is 12.1 Å². The molecule has 4 rings (SSSR count). The Kier molecular flexibility index (Phi) is 4.59. The number of amides is 1. The van der Waals surface area contributed by atoms with E-state index in [9.17, 15) is 9.90 Å². The molecule has 4 nitrogen and oxygen atoms in total. The van der Waals surface area contributed by atoms with E-state index in [1.807, 2.05) is 17.9 Å². The maximum Gasteiger partial charge on any atom is 0.222 e. The van der Waals surface area contributed by atoms with E-state index in [0.29, 0.717) is 12.3 Å². The Morgan fingerprint density at radius 2 is 1.88 bits per heavy atom. The van der Waals surface area contributed by atoms with E-state index in [1.54, 1.807) is 0 Å². The predicted molar refractivity (Wildman–Crippen MR) is 98.3 cm³/mol. The first-order valence-corrected chi connectivity index (χ1v) is 9.90. The van der Waals surface area contributed by atoms with E-state index in [2.05, 4.69) is 29.2 Å². The maximum absolute atomic E-state index is 12.1. The Bertz CT molecular complexity index is 606. The molecule has 1 saturated carbocycles. The van der Waals surface area contributed by atoms with Crippen molar-refractivity contribution in [3.8, 4) is 0 Å². The van der Waals surface area contributed by atoms with Crippen molar-refractivity contribution in [2.24, 2.45) is 5.92 Å². The summed E-state index contributed by atoms with van der Waals surface area (Å²) in [6.07, 6.45) is 5.91. The molecule has 136 valence electrons. The number of carbonyl (C=O) groups excluding carboxylic acids is 1. The average molecular weight is 342 g/mol. The minimum Gasteiger partial charge on any atom is -0.395 e. The van der Waals surface area contributed by atoms with Crippen molar-refractivity contribution in [3.63, 3.8) is 0 Å². The van der Waals surface area contributed by atoms with Crippen molar-refractivity contribution in [2.45, 2.75) is 56.5 Å². The van der Waals surface area contributed by atoms with Crippen molar-refractivity contribution < 1.29 is 9.90 Å². The first-order chi connectivity index (χ1) is 12.2. The molecular weight excluding hydrogens is 312 g/mol. The average Bonchev–Trinajstić information content (AvgIpc) is 3.11. The topological polar surface area (TPSA) is 43.8 Å². The highest BCUT2D eigenvalue weighted by Gasteiger charge is 2.66. The Hall–Kier alpha value is -1.39. The summed E-state index contributed by atoms with van der Waals surface area (Å²) >= 11 is 0. The molecule has 2 heterocycles. The summed E-state index contributed by atoms with van der Waals surface area (Å²) in [5.74, 6) is 1.35. The minimum atomic E-state index is 0.0438. The van der Waals surface area contributed by atoms with Crippen LogP contribution >= 0.6 is 0 Å². The Labute approximate surface area is 150 Å². The second-order valence-electron chi connectivity index (χ2n) is 8.15. The van der Waals surface area contributed by atoms with Gasteiger partial charge in [0.15, 0.2) is 0 Å². The Morgan fingerprint density at radius 1 is 1.20 bits per heavy atom. The SMILES string of the molecule is CCC(=O)N1CC2(C1)[C@@H](c1ccccc1)[C@@H](CO)N2CC1CCCC1. The van der Waals surface area contributed by atoms with Gasteiger partial charge < -0.3 is 10.0 Å². The normalized spacial score (nSPS) is 28.8. The molecular formula is C21H30N2O2. The zero-order valence-corrected chi connectivity index (χ0v) is 15.2. The van der Waals surface area contributed by atoms with Crippen LogP contribution in [-0.2, 0) is 4.79 Å². The summed E-state index contributed by atoms with van der Waals surface area (Å²) in [7, 11) is 0. The lowest BCUT2D eigenvalue weighted by Gasteiger charge is -2.71. The van der Waals surface area contributed by atoms with Gasteiger partial charge in [0.2, 0.25) is 5.91 Å². The number of hydrogen-bond donors (Lipinski definition) is 1. The third-order valence-electron chi connectivity index (χ3n) is 6.80.